The van der Waals surface area contributed by atoms with E-state index in [0.29, 0.717) is 0 Å². The van der Waals surface area contributed by atoms with E-state index >= 15 is 0 Å². The van der Waals surface area contributed by atoms with Gasteiger partial charge in [-0.15, -0.1) is 0 Å². The zero-order valence-electron chi connectivity index (χ0n) is 10.5. The monoisotopic (exact) mass is 225 g/mol. The number of nitrogens with zero attached hydrogens (tertiary/aromatic N) is 2. The molecule has 1 unspecified atom stereocenters. The molecule has 0 aliphatic carbocycles. The topological polar surface area (TPSA) is 32.5 Å². The minimum Gasteiger partial charge on any atom is -0.329 e. The van der Waals surface area contributed by atoms with Crippen LogP contribution in [0.5, 0.6) is 0 Å². The lowest BCUT2D eigenvalue weighted by Gasteiger charge is -2.36. The van der Waals surface area contributed by atoms with Gasteiger partial charge in [-0.1, -0.05) is 6.42 Å². The molecule has 0 aromatic carbocycles. The lowest BCUT2D eigenvalue weighted by Crippen LogP contribution is -2.43. The van der Waals surface area contributed by atoms with Gasteiger partial charge >= 0.3 is 0 Å². The van der Waals surface area contributed by atoms with Crippen molar-refractivity contribution in [2.24, 2.45) is 11.7 Å². The molecule has 2 heterocycles. The maximum Gasteiger partial charge on any atom is 0.0105 e. The Labute approximate surface area is 100.0 Å². The molecule has 2 saturated heterocycles. The maximum atomic E-state index is 5.64. The first-order chi connectivity index (χ1) is 7.88. The lowest BCUT2D eigenvalue weighted by molar-refractivity contribution is 0.124. The molecular weight excluding hydrogens is 198 g/mol. The minimum absolute atomic E-state index is 0.816. The molecule has 0 spiro atoms. The fourth-order valence-corrected chi connectivity index (χ4v) is 3.19. The normalized spacial score (nSPS) is 29.4. The predicted molar refractivity (Wildman–Crippen MR) is 68.5 cm³/mol. The minimum atomic E-state index is 0.816. The summed E-state index contributed by atoms with van der Waals surface area (Å²) in [7, 11) is 0. The van der Waals surface area contributed by atoms with E-state index in [4.69, 9.17) is 5.73 Å². The van der Waals surface area contributed by atoms with Gasteiger partial charge in [0.15, 0.2) is 0 Å². The zero-order chi connectivity index (χ0) is 11.2. The number of hydrogen-bond donors (Lipinski definition) is 1. The van der Waals surface area contributed by atoms with E-state index in [9.17, 15) is 0 Å². The second-order valence-electron chi connectivity index (χ2n) is 5.46. The van der Waals surface area contributed by atoms with Crippen LogP contribution in [0.1, 0.15) is 32.1 Å². The summed E-state index contributed by atoms with van der Waals surface area (Å²) >= 11 is 0. The van der Waals surface area contributed by atoms with Crippen LogP contribution in [-0.2, 0) is 0 Å². The molecule has 0 saturated carbocycles. The Morgan fingerprint density at radius 3 is 2.44 bits per heavy atom. The molecule has 1 atom stereocenters. The Balaban J connectivity index is 1.71. The summed E-state index contributed by atoms with van der Waals surface area (Å²) < 4.78 is 0. The Kier molecular flexibility index (Phi) is 5.07. The quantitative estimate of drug-likeness (QED) is 0.779. The average molecular weight is 225 g/mol. The van der Waals surface area contributed by atoms with Crippen molar-refractivity contribution in [2.45, 2.75) is 32.1 Å². The van der Waals surface area contributed by atoms with E-state index in [0.717, 1.165) is 19.0 Å². The summed E-state index contributed by atoms with van der Waals surface area (Å²) in [6.45, 7) is 8.48. The average Bonchev–Trinajstić information content (AvgIpc) is 2.31. The smallest absolute Gasteiger partial charge is 0.0105 e. The van der Waals surface area contributed by atoms with E-state index in [1.807, 2.05) is 0 Å². The van der Waals surface area contributed by atoms with Gasteiger partial charge in [0.25, 0.3) is 0 Å². The summed E-state index contributed by atoms with van der Waals surface area (Å²) in [6.07, 6.45) is 7.08. The van der Waals surface area contributed by atoms with Gasteiger partial charge in [0.1, 0.15) is 0 Å². The molecule has 16 heavy (non-hydrogen) atoms. The molecule has 94 valence electrons. The van der Waals surface area contributed by atoms with Crippen LogP contribution in [0.3, 0.4) is 0 Å². The van der Waals surface area contributed by atoms with Crippen molar-refractivity contribution in [1.82, 2.24) is 9.80 Å². The van der Waals surface area contributed by atoms with E-state index in [2.05, 4.69) is 9.80 Å². The highest BCUT2D eigenvalue weighted by Gasteiger charge is 2.22. The van der Waals surface area contributed by atoms with Gasteiger partial charge in [0, 0.05) is 26.2 Å². The zero-order valence-corrected chi connectivity index (χ0v) is 10.5. The molecule has 0 aromatic rings. The SMILES string of the molecule is NCCN1CCCC(CN2CCCCC2)C1. The van der Waals surface area contributed by atoms with Crippen LogP contribution >= 0.6 is 0 Å². The first-order valence-corrected chi connectivity index (χ1v) is 7.03. The van der Waals surface area contributed by atoms with Crippen LogP contribution in [0.25, 0.3) is 0 Å². The van der Waals surface area contributed by atoms with Gasteiger partial charge in [0.2, 0.25) is 0 Å². The molecule has 2 aliphatic rings. The molecule has 3 nitrogen and oxygen atoms in total. The molecule has 2 aliphatic heterocycles. The molecule has 0 radical (unpaired) electrons. The van der Waals surface area contributed by atoms with E-state index in [-0.39, 0.29) is 0 Å². The van der Waals surface area contributed by atoms with Crippen molar-refractivity contribution in [3.05, 3.63) is 0 Å². The Bertz CT molecular complexity index is 188. The van der Waals surface area contributed by atoms with Crippen molar-refractivity contribution < 1.29 is 0 Å². The van der Waals surface area contributed by atoms with E-state index in [1.54, 1.807) is 0 Å². The van der Waals surface area contributed by atoms with Gasteiger partial charge in [-0.3, -0.25) is 0 Å². The third-order valence-corrected chi connectivity index (χ3v) is 4.01. The maximum absolute atomic E-state index is 5.64. The second kappa shape index (κ2) is 6.58. The van der Waals surface area contributed by atoms with Crippen LogP contribution in [0.15, 0.2) is 0 Å². The van der Waals surface area contributed by atoms with Crippen LogP contribution in [0.4, 0.5) is 0 Å². The highest BCUT2D eigenvalue weighted by atomic mass is 15.2. The highest BCUT2D eigenvalue weighted by molar-refractivity contribution is 4.77. The predicted octanol–water partition coefficient (Wildman–Crippen LogP) is 1.14. The number of likely N-dealkylation sites (tertiary alicyclic amines) is 2. The summed E-state index contributed by atoms with van der Waals surface area (Å²) in [4.78, 5) is 5.23. The van der Waals surface area contributed by atoms with E-state index < -0.39 is 0 Å². The van der Waals surface area contributed by atoms with Crippen LogP contribution < -0.4 is 5.73 Å². The standard InChI is InChI=1S/C13H27N3/c14-6-10-16-9-4-5-13(12-16)11-15-7-2-1-3-8-15/h13H,1-12,14H2. The largest absolute Gasteiger partial charge is 0.329 e. The van der Waals surface area contributed by atoms with Gasteiger partial charge in [0.05, 0.1) is 0 Å². The number of nitrogens with two attached hydrogens (primary N) is 1. The van der Waals surface area contributed by atoms with Gasteiger partial charge < -0.3 is 15.5 Å². The summed E-state index contributed by atoms with van der Waals surface area (Å²) in [5.74, 6) is 0.901. The van der Waals surface area contributed by atoms with Crippen molar-refractivity contribution in [3.63, 3.8) is 0 Å². The Morgan fingerprint density at radius 2 is 1.69 bits per heavy atom. The lowest BCUT2D eigenvalue weighted by atomic mass is 9.96. The van der Waals surface area contributed by atoms with Gasteiger partial charge in [-0.25, -0.2) is 0 Å². The second-order valence-corrected chi connectivity index (χ2v) is 5.46. The van der Waals surface area contributed by atoms with Crippen molar-refractivity contribution >= 4 is 0 Å². The fraction of sp³-hybridized carbons (Fsp3) is 1.00. The van der Waals surface area contributed by atoms with Crippen LogP contribution in [0.2, 0.25) is 0 Å². The highest BCUT2D eigenvalue weighted by Crippen LogP contribution is 2.19. The number of hydrogen-bond acceptors (Lipinski definition) is 3. The van der Waals surface area contributed by atoms with Crippen molar-refractivity contribution in [3.8, 4) is 0 Å². The molecule has 0 bridgehead atoms. The third kappa shape index (κ3) is 3.72. The number of piperidine rings is 2. The molecular formula is C13H27N3. The molecule has 0 aromatic heterocycles. The molecule has 2 rings (SSSR count). The van der Waals surface area contributed by atoms with E-state index in [1.165, 1.54) is 64.8 Å². The Morgan fingerprint density at radius 1 is 0.938 bits per heavy atom. The fourth-order valence-electron chi connectivity index (χ4n) is 3.19. The number of rotatable bonds is 4. The van der Waals surface area contributed by atoms with Crippen molar-refractivity contribution in [2.75, 3.05) is 45.8 Å². The van der Waals surface area contributed by atoms with Gasteiger partial charge in [-0.05, 0) is 51.2 Å². The summed E-state index contributed by atoms with van der Waals surface area (Å²) in [5.41, 5.74) is 5.64. The molecule has 0 amide bonds. The molecule has 2 N–H and O–H groups in total. The van der Waals surface area contributed by atoms with Crippen LogP contribution in [0, 0.1) is 5.92 Å². The van der Waals surface area contributed by atoms with Gasteiger partial charge in [-0.2, -0.15) is 0 Å². The summed E-state index contributed by atoms with van der Waals surface area (Å²) in [5, 5.41) is 0. The first-order valence-electron chi connectivity index (χ1n) is 7.03. The van der Waals surface area contributed by atoms with Crippen LogP contribution in [-0.4, -0.2) is 55.6 Å². The first kappa shape index (κ1) is 12.3. The molecule has 3 heteroatoms. The van der Waals surface area contributed by atoms with Crippen molar-refractivity contribution in [1.29, 1.82) is 0 Å². The third-order valence-electron chi connectivity index (χ3n) is 4.01. The molecule has 2 fully saturated rings. The Hall–Kier alpha value is -0.120. The summed E-state index contributed by atoms with van der Waals surface area (Å²) in [6, 6.07) is 0.